The highest BCUT2D eigenvalue weighted by atomic mass is 16.7. The fourth-order valence-corrected chi connectivity index (χ4v) is 5.41. The van der Waals surface area contributed by atoms with E-state index in [0.717, 1.165) is 34.6 Å². The molecule has 4 rings (SSSR count). The van der Waals surface area contributed by atoms with Crippen molar-refractivity contribution in [2.24, 2.45) is 5.92 Å². The summed E-state index contributed by atoms with van der Waals surface area (Å²) in [6, 6.07) is 22.3. The second-order valence-electron chi connectivity index (χ2n) is 11.8. The molecule has 3 aromatic carbocycles. The van der Waals surface area contributed by atoms with Crippen LogP contribution in [0.25, 0.3) is 27.8 Å². The van der Waals surface area contributed by atoms with Crippen molar-refractivity contribution in [3.05, 3.63) is 115 Å². The Hall–Kier alpha value is -4.59. The van der Waals surface area contributed by atoms with Gasteiger partial charge in [0.05, 0.1) is 18.8 Å². The summed E-state index contributed by atoms with van der Waals surface area (Å²) in [5.41, 5.74) is 7.02. The van der Waals surface area contributed by atoms with Crippen molar-refractivity contribution in [3.8, 4) is 33.8 Å². The highest BCUT2D eigenvalue weighted by Crippen LogP contribution is 2.35. The van der Waals surface area contributed by atoms with E-state index in [9.17, 15) is 9.90 Å². The molecule has 1 unspecified atom stereocenters. The van der Waals surface area contributed by atoms with Crippen LogP contribution >= 0.6 is 0 Å². The Bertz CT molecular complexity index is 1500. The first-order valence-electron chi connectivity index (χ1n) is 16.2. The molecule has 7 heteroatoms. The molecule has 0 spiro atoms. The SMILES string of the molecule is C=C(CO)C(=C)OCOc1cc(OCOC(=O)C(=C)CO)cc(-c2ccc(-c3ccc(C4=CCC(CCCCC)CC4)cc3)cc2)c1. The predicted molar refractivity (Wildman–Crippen MR) is 187 cm³/mol. The van der Waals surface area contributed by atoms with Gasteiger partial charge in [0.15, 0.2) is 0 Å². The lowest BCUT2D eigenvalue weighted by Crippen LogP contribution is -2.14. The van der Waals surface area contributed by atoms with Crippen LogP contribution in [0.4, 0.5) is 0 Å². The van der Waals surface area contributed by atoms with Crippen molar-refractivity contribution in [2.75, 3.05) is 26.8 Å². The summed E-state index contributed by atoms with van der Waals surface area (Å²) in [5.74, 6) is 1.14. The molecule has 0 heterocycles. The van der Waals surface area contributed by atoms with Gasteiger partial charge in [-0.05, 0) is 70.7 Å². The summed E-state index contributed by atoms with van der Waals surface area (Å²) in [4.78, 5) is 11.9. The van der Waals surface area contributed by atoms with E-state index >= 15 is 0 Å². The third-order valence-electron chi connectivity index (χ3n) is 8.36. The Kier molecular flexibility index (Phi) is 13.5. The van der Waals surface area contributed by atoms with Gasteiger partial charge in [-0.1, -0.05) is 107 Å². The molecular weight excluding hydrogens is 592 g/mol. The van der Waals surface area contributed by atoms with E-state index in [2.05, 4.69) is 69.1 Å². The second kappa shape index (κ2) is 17.9. The van der Waals surface area contributed by atoms with Gasteiger partial charge in [0.2, 0.25) is 13.6 Å². The van der Waals surface area contributed by atoms with Gasteiger partial charge in [-0.3, -0.25) is 0 Å². The first kappa shape index (κ1) is 35.3. The van der Waals surface area contributed by atoms with Crippen molar-refractivity contribution in [1.82, 2.24) is 0 Å². The summed E-state index contributed by atoms with van der Waals surface area (Å²) in [7, 11) is 0. The standard InChI is InChI=1S/C40H46O7/c1-5-6-7-8-31-9-11-32(12-10-31)33-13-15-34(16-14-33)35-17-19-36(20-18-35)37-21-38(45-26-44-30(4)28(2)24-41)23-39(22-37)46-27-47-40(43)29(3)25-42/h11,13-23,31,41-42H,2-10,12,24-27H2,1H3. The number of esters is 1. The average molecular weight is 639 g/mol. The topological polar surface area (TPSA) is 94.5 Å². The summed E-state index contributed by atoms with van der Waals surface area (Å²) >= 11 is 0. The minimum atomic E-state index is -0.748. The minimum Gasteiger partial charge on any atom is -0.458 e. The monoisotopic (exact) mass is 638 g/mol. The van der Waals surface area contributed by atoms with Crippen LogP contribution in [-0.4, -0.2) is 43.0 Å². The zero-order valence-corrected chi connectivity index (χ0v) is 27.3. The van der Waals surface area contributed by atoms with Crippen LogP contribution in [0.1, 0.15) is 57.4 Å². The highest BCUT2D eigenvalue weighted by Gasteiger charge is 2.15. The number of carbonyl (C=O) groups excluding carboxylic acids is 1. The fourth-order valence-electron chi connectivity index (χ4n) is 5.41. The van der Waals surface area contributed by atoms with E-state index in [1.165, 1.54) is 49.7 Å². The molecule has 0 aliphatic heterocycles. The molecule has 0 amide bonds. The Morgan fingerprint density at radius 1 is 0.745 bits per heavy atom. The first-order chi connectivity index (χ1) is 22.8. The number of carbonyl (C=O) groups is 1. The number of hydrogen-bond acceptors (Lipinski definition) is 7. The van der Waals surface area contributed by atoms with Gasteiger partial charge in [0, 0.05) is 11.6 Å². The number of ether oxygens (including phenoxy) is 4. The molecule has 0 aromatic heterocycles. The number of rotatable bonds is 18. The van der Waals surface area contributed by atoms with Crippen molar-refractivity contribution < 1.29 is 34.0 Å². The number of aliphatic hydroxyl groups excluding tert-OH is 2. The maximum atomic E-state index is 11.9. The number of unbranched alkanes of at least 4 members (excludes halogenated alkanes) is 2. The van der Waals surface area contributed by atoms with Crippen LogP contribution < -0.4 is 9.47 Å². The lowest BCUT2D eigenvalue weighted by Gasteiger charge is -2.22. The number of allylic oxidation sites excluding steroid dienone is 2. The Morgan fingerprint density at radius 2 is 1.30 bits per heavy atom. The summed E-state index contributed by atoms with van der Waals surface area (Å²) in [5, 5.41) is 18.3. The van der Waals surface area contributed by atoms with Crippen LogP contribution in [0.3, 0.4) is 0 Å². The van der Waals surface area contributed by atoms with Gasteiger partial charge in [-0.15, -0.1) is 0 Å². The Labute approximate surface area is 278 Å². The maximum Gasteiger partial charge on any atom is 0.338 e. The van der Waals surface area contributed by atoms with Crippen molar-refractivity contribution in [1.29, 1.82) is 0 Å². The summed E-state index contributed by atoms with van der Waals surface area (Å²) in [6.45, 7) is 11.8. The Morgan fingerprint density at radius 3 is 1.83 bits per heavy atom. The van der Waals surface area contributed by atoms with Crippen LogP contribution in [-0.2, 0) is 14.3 Å². The van der Waals surface area contributed by atoms with Gasteiger partial charge in [-0.25, -0.2) is 4.79 Å². The van der Waals surface area contributed by atoms with Crippen molar-refractivity contribution in [2.45, 2.75) is 51.9 Å². The zero-order chi connectivity index (χ0) is 33.6. The van der Waals surface area contributed by atoms with Crippen LogP contribution in [0.15, 0.2) is 109 Å². The molecule has 0 radical (unpaired) electrons. The molecule has 0 fully saturated rings. The van der Waals surface area contributed by atoms with Crippen LogP contribution in [0.2, 0.25) is 0 Å². The molecule has 0 saturated heterocycles. The van der Waals surface area contributed by atoms with E-state index < -0.39 is 12.6 Å². The molecule has 248 valence electrons. The quantitative estimate of drug-likeness (QED) is 0.0360. The van der Waals surface area contributed by atoms with Crippen molar-refractivity contribution >= 4 is 11.5 Å². The molecule has 0 saturated carbocycles. The molecule has 7 nitrogen and oxygen atoms in total. The number of hydrogen-bond donors (Lipinski definition) is 2. The fraction of sp³-hybridized carbons (Fsp3) is 0.325. The van der Waals surface area contributed by atoms with Crippen molar-refractivity contribution in [3.63, 3.8) is 0 Å². The van der Waals surface area contributed by atoms with E-state index in [4.69, 9.17) is 24.1 Å². The molecule has 1 aliphatic rings. The molecule has 2 N–H and O–H groups in total. The van der Waals surface area contributed by atoms with Gasteiger partial charge < -0.3 is 29.2 Å². The normalized spacial score (nSPS) is 14.1. The predicted octanol–water partition coefficient (Wildman–Crippen LogP) is 8.63. The third kappa shape index (κ3) is 10.5. The molecule has 47 heavy (non-hydrogen) atoms. The molecule has 0 bridgehead atoms. The number of aliphatic hydroxyl groups is 2. The molecular formula is C40H46O7. The molecule has 1 aliphatic carbocycles. The van der Waals surface area contributed by atoms with E-state index in [1.54, 1.807) is 6.07 Å². The van der Waals surface area contributed by atoms with Crippen LogP contribution in [0, 0.1) is 5.92 Å². The molecule has 1 atom stereocenters. The van der Waals surface area contributed by atoms with Gasteiger partial charge in [0.25, 0.3) is 0 Å². The Balaban J connectivity index is 1.45. The van der Waals surface area contributed by atoms with E-state index in [0.29, 0.717) is 17.1 Å². The summed E-state index contributed by atoms with van der Waals surface area (Å²) < 4.78 is 22.0. The van der Waals surface area contributed by atoms with Gasteiger partial charge in [-0.2, -0.15) is 0 Å². The largest absolute Gasteiger partial charge is 0.458 e. The van der Waals surface area contributed by atoms with Gasteiger partial charge >= 0.3 is 5.97 Å². The lowest BCUT2D eigenvalue weighted by atomic mass is 9.83. The van der Waals surface area contributed by atoms with Gasteiger partial charge in [0.1, 0.15) is 17.3 Å². The average Bonchev–Trinajstić information content (AvgIpc) is 3.11. The summed E-state index contributed by atoms with van der Waals surface area (Å²) in [6.07, 6.45) is 11.4. The third-order valence-corrected chi connectivity index (χ3v) is 8.36. The number of benzene rings is 3. The lowest BCUT2D eigenvalue weighted by molar-refractivity contribution is -0.145. The smallest absolute Gasteiger partial charge is 0.338 e. The zero-order valence-electron chi connectivity index (χ0n) is 27.3. The van der Waals surface area contributed by atoms with E-state index in [1.807, 2.05) is 24.3 Å². The highest BCUT2D eigenvalue weighted by molar-refractivity contribution is 5.87. The second-order valence-corrected chi connectivity index (χ2v) is 11.8. The van der Waals surface area contributed by atoms with Crippen LogP contribution in [0.5, 0.6) is 11.5 Å². The molecule has 3 aromatic rings. The van der Waals surface area contributed by atoms with E-state index in [-0.39, 0.29) is 31.5 Å². The first-order valence-corrected chi connectivity index (χ1v) is 16.2. The maximum absolute atomic E-state index is 11.9. The minimum absolute atomic E-state index is 0.0691.